The molecule has 0 saturated carbocycles. The molecule has 0 saturated heterocycles. The topological polar surface area (TPSA) is 60.0 Å². The van der Waals surface area contributed by atoms with Gasteiger partial charge in [0.05, 0.1) is 31.9 Å². The van der Waals surface area contributed by atoms with E-state index >= 15 is 0 Å². The second-order valence-electron chi connectivity index (χ2n) is 6.35. The van der Waals surface area contributed by atoms with E-state index in [-0.39, 0.29) is 11.9 Å². The quantitative estimate of drug-likeness (QED) is 0.686. The maximum absolute atomic E-state index is 12.7. The first-order valence-corrected chi connectivity index (χ1v) is 9.38. The molecule has 7 heteroatoms. The second kappa shape index (κ2) is 10.2. The van der Waals surface area contributed by atoms with Gasteiger partial charge >= 0.3 is 0 Å². The van der Waals surface area contributed by atoms with Crippen molar-refractivity contribution >= 4 is 17.5 Å². The molecular weight excluding hydrogens is 380 g/mol. The summed E-state index contributed by atoms with van der Waals surface area (Å²) in [4.78, 5) is 14.8. The second-order valence-corrected chi connectivity index (χ2v) is 6.76. The Morgan fingerprint density at radius 3 is 2.43 bits per heavy atom. The molecule has 1 atom stereocenters. The zero-order valence-corrected chi connectivity index (χ0v) is 17.7. The Morgan fingerprint density at radius 1 is 1.14 bits per heavy atom. The number of carbonyl (C=O) groups excluding carboxylic acids is 1. The zero-order chi connectivity index (χ0) is 20.7. The summed E-state index contributed by atoms with van der Waals surface area (Å²) < 4.78 is 16.3. The largest absolute Gasteiger partial charge is 0.496 e. The Bertz CT molecular complexity index is 811. The molecule has 1 N–H and O–H groups in total. The van der Waals surface area contributed by atoms with Crippen molar-refractivity contribution in [2.75, 3.05) is 41.5 Å². The van der Waals surface area contributed by atoms with E-state index in [9.17, 15) is 4.79 Å². The average molecular weight is 407 g/mol. The van der Waals surface area contributed by atoms with Crippen molar-refractivity contribution in [3.05, 3.63) is 52.5 Å². The highest BCUT2D eigenvalue weighted by Crippen LogP contribution is 2.36. The maximum Gasteiger partial charge on any atom is 0.251 e. The van der Waals surface area contributed by atoms with Crippen LogP contribution in [0.4, 0.5) is 0 Å². The molecule has 2 aromatic rings. The molecule has 0 bridgehead atoms. The third-order valence-electron chi connectivity index (χ3n) is 4.36. The summed E-state index contributed by atoms with van der Waals surface area (Å²) in [5.41, 5.74) is 1.40. The molecule has 0 aliphatic rings. The van der Waals surface area contributed by atoms with E-state index in [0.717, 1.165) is 11.3 Å². The van der Waals surface area contributed by atoms with Crippen LogP contribution in [0.15, 0.2) is 36.4 Å². The number of halogens is 1. The van der Waals surface area contributed by atoms with Gasteiger partial charge in [0.2, 0.25) is 0 Å². The lowest BCUT2D eigenvalue weighted by Gasteiger charge is -2.26. The van der Waals surface area contributed by atoms with E-state index in [2.05, 4.69) is 5.32 Å². The first-order chi connectivity index (χ1) is 13.4. The number of para-hydroxylation sites is 1. The monoisotopic (exact) mass is 406 g/mol. The van der Waals surface area contributed by atoms with E-state index in [4.69, 9.17) is 25.8 Å². The summed E-state index contributed by atoms with van der Waals surface area (Å²) in [6.45, 7) is 2.71. The van der Waals surface area contributed by atoms with Crippen LogP contribution in [0, 0.1) is 0 Å². The lowest BCUT2D eigenvalue weighted by atomic mass is 10.0. The Balaban J connectivity index is 2.20. The Hall–Kier alpha value is -2.44. The zero-order valence-electron chi connectivity index (χ0n) is 16.9. The molecule has 0 aliphatic carbocycles. The van der Waals surface area contributed by atoms with Crippen molar-refractivity contribution in [3.8, 4) is 17.2 Å². The normalized spacial score (nSPS) is 11.8. The molecule has 0 aromatic heterocycles. The minimum absolute atomic E-state index is 0.0554. The van der Waals surface area contributed by atoms with Crippen LogP contribution < -0.4 is 19.5 Å². The van der Waals surface area contributed by atoms with Crippen LogP contribution >= 0.6 is 11.6 Å². The number of hydrogen-bond acceptors (Lipinski definition) is 5. The van der Waals surface area contributed by atoms with Gasteiger partial charge in [0, 0.05) is 17.7 Å². The number of nitrogens with zero attached hydrogens (tertiary/aromatic N) is 1. The summed E-state index contributed by atoms with van der Waals surface area (Å²) in [6.07, 6.45) is 0. The van der Waals surface area contributed by atoms with Gasteiger partial charge in [0.25, 0.3) is 5.91 Å². The van der Waals surface area contributed by atoms with Gasteiger partial charge < -0.3 is 24.4 Å². The number of hydrogen-bond donors (Lipinski definition) is 1. The summed E-state index contributed by atoms with van der Waals surface area (Å²) in [7, 11) is 7.07. The molecule has 0 fully saturated rings. The lowest BCUT2D eigenvalue weighted by Crippen LogP contribution is -2.34. The predicted molar refractivity (Wildman–Crippen MR) is 111 cm³/mol. The first kappa shape index (κ1) is 21.9. The third-order valence-corrected chi connectivity index (χ3v) is 4.64. The summed E-state index contributed by atoms with van der Waals surface area (Å²) in [6, 6.07) is 10.9. The lowest BCUT2D eigenvalue weighted by molar-refractivity contribution is 0.0941. The maximum atomic E-state index is 12.7. The van der Waals surface area contributed by atoms with E-state index < -0.39 is 0 Å². The van der Waals surface area contributed by atoms with Crippen LogP contribution in [-0.4, -0.2) is 52.3 Å². The molecule has 0 heterocycles. The molecule has 2 aromatic carbocycles. The molecule has 0 radical (unpaired) electrons. The van der Waals surface area contributed by atoms with Crippen LogP contribution in [0.25, 0.3) is 0 Å². The fraction of sp³-hybridized carbons (Fsp3) is 0.381. The smallest absolute Gasteiger partial charge is 0.251 e. The molecule has 1 unspecified atom stereocenters. The fourth-order valence-electron chi connectivity index (χ4n) is 2.94. The number of carbonyl (C=O) groups is 1. The summed E-state index contributed by atoms with van der Waals surface area (Å²) >= 11 is 6.28. The molecule has 0 spiro atoms. The van der Waals surface area contributed by atoms with E-state index in [1.807, 2.05) is 50.2 Å². The first-order valence-electron chi connectivity index (χ1n) is 9.00. The standard InChI is InChI=1S/C21H27ClN2O4/c1-6-28-20-16(22)11-14(12-19(20)27-5)21(25)23-13-17(24(2)3)15-9-7-8-10-18(15)26-4/h7-12,17H,6,13H2,1-5H3,(H,23,25). The number of ether oxygens (including phenoxy) is 3. The van der Waals surface area contributed by atoms with Gasteiger partial charge in [-0.25, -0.2) is 0 Å². The van der Waals surface area contributed by atoms with Crippen molar-refractivity contribution in [2.45, 2.75) is 13.0 Å². The number of methoxy groups -OCH3 is 2. The van der Waals surface area contributed by atoms with E-state index in [1.165, 1.54) is 7.11 Å². The van der Waals surface area contributed by atoms with Crippen LogP contribution in [0.1, 0.15) is 28.9 Å². The number of rotatable bonds is 9. The number of amides is 1. The van der Waals surface area contributed by atoms with E-state index in [1.54, 1.807) is 19.2 Å². The van der Waals surface area contributed by atoms with Gasteiger partial charge in [-0.2, -0.15) is 0 Å². The highest BCUT2D eigenvalue weighted by molar-refractivity contribution is 6.32. The summed E-state index contributed by atoms with van der Waals surface area (Å²) in [5, 5.41) is 3.30. The van der Waals surface area contributed by atoms with Crippen LogP contribution in [0.3, 0.4) is 0 Å². The van der Waals surface area contributed by atoms with Crippen molar-refractivity contribution in [2.24, 2.45) is 0 Å². The number of likely N-dealkylation sites (N-methyl/N-ethyl adjacent to an activating group) is 1. The van der Waals surface area contributed by atoms with E-state index in [0.29, 0.717) is 35.2 Å². The number of nitrogens with one attached hydrogen (secondary N) is 1. The fourth-order valence-corrected chi connectivity index (χ4v) is 3.20. The van der Waals surface area contributed by atoms with Gasteiger partial charge in [-0.15, -0.1) is 0 Å². The van der Waals surface area contributed by atoms with Crippen LogP contribution in [0.2, 0.25) is 5.02 Å². The van der Waals surface area contributed by atoms with Gasteiger partial charge in [0.15, 0.2) is 11.5 Å². The molecule has 28 heavy (non-hydrogen) atoms. The Morgan fingerprint density at radius 2 is 1.82 bits per heavy atom. The van der Waals surface area contributed by atoms with Crippen molar-refractivity contribution in [1.82, 2.24) is 10.2 Å². The molecule has 6 nitrogen and oxygen atoms in total. The molecule has 1 amide bonds. The van der Waals surface area contributed by atoms with Crippen LogP contribution in [0.5, 0.6) is 17.2 Å². The number of benzene rings is 2. The highest BCUT2D eigenvalue weighted by atomic mass is 35.5. The summed E-state index contributed by atoms with van der Waals surface area (Å²) in [5.74, 6) is 1.39. The third kappa shape index (κ3) is 5.09. The van der Waals surface area contributed by atoms with Gasteiger partial charge in [-0.05, 0) is 39.2 Å². The minimum Gasteiger partial charge on any atom is -0.496 e. The van der Waals surface area contributed by atoms with Crippen molar-refractivity contribution in [3.63, 3.8) is 0 Å². The molecule has 0 aliphatic heterocycles. The molecular formula is C21H27ClN2O4. The van der Waals surface area contributed by atoms with Crippen molar-refractivity contribution < 1.29 is 19.0 Å². The molecule has 2 rings (SSSR count). The van der Waals surface area contributed by atoms with Gasteiger partial charge in [-0.1, -0.05) is 29.8 Å². The Kier molecular flexibility index (Phi) is 7.96. The average Bonchev–Trinajstić information content (AvgIpc) is 2.69. The van der Waals surface area contributed by atoms with Crippen LogP contribution in [-0.2, 0) is 0 Å². The Labute approximate surface area is 171 Å². The highest BCUT2D eigenvalue weighted by Gasteiger charge is 2.21. The molecule has 152 valence electrons. The van der Waals surface area contributed by atoms with Gasteiger partial charge in [0.1, 0.15) is 5.75 Å². The van der Waals surface area contributed by atoms with Gasteiger partial charge in [-0.3, -0.25) is 4.79 Å². The SMILES string of the molecule is CCOc1c(Cl)cc(C(=O)NCC(c2ccccc2OC)N(C)C)cc1OC. The van der Waals surface area contributed by atoms with Crippen molar-refractivity contribution in [1.29, 1.82) is 0 Å². The minimum atomic E-state index is -0.245. The predicted octanol–water partition coefficient (Wildman–Crippen LogP) is 3.79.